The largest absolute Gasteiger partial charge is 2.00 e. The van der Waals surface area contributed by atoms with Crippen molar-refractivity contribution < 1.29 is 76.5 Å². The second kappa shape index (κ2) is 48.3. The maximum Gasteiger partial charge on any atom is 2.00 e. The van der Waals surface area contributed by atoms with E-state index in [-0.39, 0.29) is 71.4 Å². The molecule has 0 amide bonds. The van der Waals surface area contributed by atoms with Crippen molar-refractivity contribution >= 4 is 31.8 Å². The molecule has 3 N–H and O–H groups in total. The van der Waals surface area contributed by atoms with Crippen molar-refractivity contribution in [2.75, 3.05) is 0 Å². The van der Waals surface area contributed by atoms with E-state index in [9.17, 15) is 0 Å². The molecule has 0 aliphatic carbocycles. The summed E-state index contributed by atoms with van der Waals surface area (Å²) in [6.07, 6.45) is 7.10. The van der Waals surface area contributed by atoms with E-state index in [4.69, 9.17) is 17.7 Å². The van der Waals surface area contributed by atoms with E-state index < -0.39 is 0 Å². The average Bonchev–Trinajstić information content (AvgIpc) is 0.862. The van der Waals surface area contributed by atoms with Gasteiger partial charge in [-0.3, -0.25) is 39.9 Å². The molecule has 16 aromatic rings. The van der Waals surface area contributed by atoms with Gasteiger partial charge in [-0.2, -0.15) is 4.90 Å². The molecule has 0 atom stereocenters. The summed E-state index contributed by atoms with van der Waals surface area (Å²) >= 11 is 4.81. The van der Waals surface area contributed by atoms with Gasteiger partial charge in [-0.1, -0.05) is 191 Å². The van der Waals surface area contributed by atoms with Crippen molar-refractivity contribution in [3.63, 3.8) is 0 Å². The Morgan fingerprint density at radius 1 is 0.240 bits per heavy atom. The summed E-state index contributed by atoms with van der Waals surface area (Å²) in [6.45, 7) is 0. The van der Waals surface area contributed by atoms with Gasteiger partial charge < -0.3 is 23.2 Å². The molecule has 0 spiro atoms. The Hall–Kier alpha value is -10.7. The molecule has 16 rings (SSSR count). The second-order valence-electron chi connectivity index (χ2n) is 21.1. The molecule has 0 bridgehead atoms. The maximum atomic E-state index is 8.63. The zero-order valence-corrected chi connectivity index (χ0v) is 61.4. The molecule has 8 aromatic carbocycles. The molecule has 8 aromatic heterocycles. The van der Waals surface area contributed by atoms with Crippen LogP contribution in [0.5, 0.6) is 5.75 Å². The monoisotopic (exact) mass is 1560 g/mol. The second-order valence-corrected chi connectivity index (χ2v) is 23.0. The fourth-order valence-electron chi connectivity index (χ4n) is 9.24. The number of hydrogen-bond donors (Lipinski definition) is 1. The minimum absolute atomic E-state index is 0. The summed E-state index contributed by atoms with van der Waals surface area (Å²) in [4.78, 5) is 36.6. The first kappa shape index (κ1) is 84.0. The Bertz CT molecular complexity index is 4110. The molecule has 0 unspecified atom stereocenters. The van der Waals surface area contributed by atoms with Gasteiger partial charge in [0.05, 0.1) is 45.6 Å². The molecule has 104 heavy (non-hydrogen) atoms. The summed E-state index contributed by atoms with van der Waals surface area (Å²) in [5, 5.41) is 11.4. The number of aromatic hydroxyl groups is 1. The van der Waals surface area contributed by atoms with Gasteiger partial charge in [0.15, 0.2) is 0 Å². The van der Waals surface area contributed by atoms with E-state index in [1.54, 1.807) is 49.1 Å². The van der Waals surface area contributed by atoms with Gasteiger partial charge in [-0.15, -0.1) is 144 Å². The third-order valence-electron chi connectivity index (χ3n) is 14.0. The van der Waals surface area contributed by atoms with Gasteiger partial charge in [0.1, 0.15) is 5.75 Å². The Morgan fingerprint density at radius 2 is 0.462 bits per heavy atom. The number of phenols is 1. The van der Waals surface area contributed by atoms with Crippen LogP contribution in [0.2, 0.25) is 0 Å². The van der Waals surface area contributed by atoms with E-state index >= 15 is 0 Å². The smallest absolute Gasteiger partial charge is 0.780 e. The predicted molar refractivity (Wildman–Crippen MR) is 411 cm³/mol. The van der Waals surface area contributed by atoms with Crippen LogP contribution in [-0.2, 0) is 78.6 Å². The summed E-state index contributed by atoms with van der Waals surface area (Å²) < 4.78 is 0. The zero-order valence-electron chi connectivity index (χ0n) is 55.6. The minimum atomic E-state index is 0. The SMILES string of the molecule is O.Oc1ccccc1.[Ni+2].[Ni].[Ni].[Ni].[S-]c1ccccc1.[c-]1ccccc1-c1cccc(-c2ccccn2)n1.[c-]1ccccc1-c1cccc(-c2ccccn2)n1.[c-]1ccccc1-c1cccc(-c2ccccn2)n1.[c-]1ccccc1-c1cccc(-c2ccccn2)n1.c1ccc(Pc2ccccc2)cc1. The van der Waals surface area contributed by atoms with Crippen LogP contribution in [0, 0.1) is 24.3 Å². The summed E-state index contributed by atoms with van der Waals surface area (Å²) in [6, 6.07) is 131. The van der Waals surface area contributed by atoms with Crippen molar-refractivity contribution in [2.24, 2.45) is 0 Å². The first-order valence-corrected chi connectivity index (χ1v) is 33.1. The fourth-order valence-corrected chi connectivity index (χ4v) is 10.4. The molecule has 0 saturated heterocycles. The third-order valence-corrected chi connectivity index (χ3v) is 15.5. The van der Waals surface area contributed by atoms with E-state index in [1.807, 2.05) is 279 Å². The van der Waals surface area contributed by atoms with Crippen molar-refractivity contribution in [3.05, 3.63) is 413 Å². The van der Waals surface area contributed by atoms with Crippen LogP contribution < -0.4 is 10.6 Å². The number of nitrogens with zero attached hydrogens (tertiary/aromatic N) is 8. The third kappa shape index (κ3) is 28.6. The van der Waals surface area contributed by atoms with Crippen LogP contribution in [0.4, 0.5) is 0 Å². The van der Waals surface area contributed by atoms with Gasteiger partial charge in [0.25, 0.3) is 0 Å². The average molecular weight is 1570 g/mol. The molecule has 0 fully saturated rings. The Kier molecular flexibility index (Phi) is 39.0. The molecule has 8 heterocycles. The van der Waals surface area contributed by atoms with Crippen molar-refractivity contribution in [1.82, 2.24) is 39.9 Å². The molecule has 0 aliphatic heterocycles. The number of hydrogen-bond acceptors (Lipinski definition) is 10. The summed E-state index contributed by atoms with van der Waals surface area (Å²) in [7, 11) is 0.777. The normalized spacial score (nSPS) is 9.46. The van der Waals surface area contributed by atoms with Crippen molar-refractivity contribution in [1.29, 1.82) is 0 Å². The zero-order chi connectivity index (χ0) is 68.0. The van der Waals surface area contributed by atoms with Gasteiger partial charge in [0.2, 0.25) is 0 Å². The van der Waals surface area contributed by atoms with Crippen LogP contribution in [-0.4, -0.2) is 50.5 Å². The quantitative estimate of drug-likeness (QED) is 0.0605. The first-order chi connectivity index (χ1) is 49.0. The number of para-hydroxylation sites is 1. The standard InChI is InChI=1S/4C16H11N2.C12H11P.C6H6O.C6H6S.4Ni.H2O/c4*1-2-7-13(8-3-1)14-10-6-11-16(18-14)15-9-4-5-12-17-15;1-3-7-11(8-4-1)13-12-9-5-2-6-10-12;2*7-6-4-2-1-3-5-6;;;;;/h4*1-7,9-12H;1-10,13H;2*1-5,7H;;;;;1H2/q4*-1;;;;;;;+2;/p-1. The topological polar surface area (TPSA) is 155 Å². The Morgan fingerprint density at radius 3 is 0.663 bits per heavy atom. The van der Waals surface area contributed by atoms with Crippen molar-refractivity contribution in [2.45, 2.75) is 4.90 Å². The number of aromatic nitrogens is 8. The van der Waals surface area contributed by atoms with E-state index in [1.165, 1.54) is 10.6 Å². The maximum absolute atomic E-state index is 8.63. The van der Waals surface area contributed by atoms with Crippen LogP contribution >= 0.6 is 8.58 Å². The fraction of sp³-hybridized carbons (Fsp3) is 0. The molecule has 0 aliphatic rings. The first-order valence-electron chi connectivity index (χ1n) is 31.7. The molecular formula is C88H68N8Ni4O2PS-3. The van der Waals surface area contributed by atoms with Crippen molar-refractivity contribution in [3.8, 4) is 96.3 Å². The van der Waals surface area contributed by atoms with E-state index in [2.05, 4.69) is 125 Å². The molecule has 526 valence electrons. The summed E-state index contributed by atoms with van der Waals surface area (Å²) in [5.41, 5.74) is 14.7. The van der Waals surface area contributed by atoms with Gasteiger partial charge in [0, 0.05) is 74.3 Å². The van der Waals surface area contributed by atoms with Crippen LogP contribution in [0.3, 0.4) is 0 Å². The van der Waals surface area contributed by atoms with E-state index in [0.717, 1.165) is 104 Å². The molecule has 10 nitrogen and oxygen atoms in total. The van der Waals surface area contributed by atoms with E-state index in [0.29, 0.717) is 5.75 Å². The van der Waals surface area contributed by atoms with Gasteiger partial charge in [-0.25, -0.2) is 0 Å². The number of pyridine rings is 8. The molecular weight excluding hydrogens is 1500 g/mol. The minimum Gasteiger partial charge on any atom is -0.780 e. The van der Waals surface area contributed by atoms with Gasteiger partial charge >= 0.3 is 16.5 Å². The number of benzene rings is 8. The van der Waals surface area contributed by atoms with Gasteiger partial charge in [-0.05, 0) is 118 Å². The number of rotatable bonds is 10. The van der Waals surface area contributed by atoms with Crippen LogP contribution in [0.1, 0.15) is 0 Å². The van der Waals surface area contributed by atoms with Crippen LogP contribution in [0.15, 0.2) is 394 Å². The Balaban J connectivity index is 0.000000221. The molecule has 0 radical (unpaired) electrons. The molecule has 0 saturated carbocycles. The predicted octanol–water partition coefficient (Wildman–Crippen LogP) is 18.9. The Labute approximate surface area is 657 Å². The molecule has 16 heteroatoms. The van der Waals surface area contributed by atoms with Crippen LogP contribution in [0.25, 0.3) is 90.6 Å². The number of phenolic OH excluding ortho intramolecular Hbond substituents is 1. The summed E-state index contributed by atoms with van der Waals surface area (Å²) in [5.74, 6) is 0.322.